The van der Waals surface area contributed by atoms with E-state index in [0.717, 1.165) is 19.4 Å². The van der Waals surface area contributed by atoms with E-state index in [-0.39, 0.29) is 11.2 Å². The Morgan fingerprint density at radius 2 is 2.24 bits per heavy atom. The molecule has 0 aromatic heterocycles. The maximum Gasteiger partial charge on any atom is 0.127 e. The Morgan fingerprint density at radius 1 is 1.41 bits per heavy atom. The first-order valence-electron chi connectivity index (χ1n) is 5.73. The molecule has 1 fully saturated rings. The van der Waals surface area contributed by atoms with E-state index in [1.807, 2.05) is 0 Å². The van der Waals surface area contributed by atoms with Crippen molar-refractivity contribution in [3.63, 3.8) is 0 Å². The molecule has 17 heavy (non-hydrogen) atoms. The van der Waals surface area contributed by atoms with Crippen molar-refractivity contribution in [1.29, 1.82) is 0 Å². The Hall–Kier alpha value is -0.310. The highest BCUT2D eigenvalue weighted by atomic mass is 35.5. The van der Waals surface area contributed by atoms with Crippen LogP contribution in [0, 0.1) is 11.2 Å². The molecule has 1 aromatic carbocycles. The van der Waals surface area contributed by atoms with Crippen molar-refractivity contribution >= 4 is 23.2 Å². The van der Waals surface area contributed by atoms with Crippen LogP contribution in [0.15, 0.2) is 18.2 Å². The summed E-state index contributed by atoms with van der Waals surface area (Å²) in [4.78, 5) is 0. The molecule has 0 aliphatic carbocycles. The predicted octanol–water partition coefficient (Wildman–Crippen LogP) is 4.06. The predicted molar refractivity (Wildman–Crippen MR) is 68.3 cm³/mol. The van der Waals surface area contributed by atoms with Crippen molar-refractivity contribution in [3.8, 4) is 0 Å². The molecular formula is C13H15Cl2FO. The lowest BCUT2D eigenvalue weighted by Gasteiger charge is -2.35. The van der Waals surface area contributed by atoms with Crippen LogP contribution >= 0.6 is 23.2 Å². The third-order valence-corrected chi connectivity index (χ3v) is 4.07. The Balaban J connectivity index is 2.17. The van der Waals surface area contributed by atoms with E-state index in [4.69, 9.17) is 27.9 Å². The number of hydrogen-bond donors (Lipinski definition) is 0. The Morgan fingerprint density at radius 3 is 2.82 bits per heavy atom. The van der Waals surface area contributed by atoms with Gasteiger partial charge >= 0.3 is 0 Å². The third-order valence-electron chi connectivity index (χ3n) is 3.27. The molecule has 0 bridgehead atoms. The second-order valence-electron chi connectivity index (χ2n) is 4.70. The zero-order valence-corrected chi connectivity index (χ0v) is 11.0. The minimum atomic E-state index is -0.257. The summed E-state index contributed by atoms with van der Waals surface area (Å²) in [5.41, 5.74) is 0.537. The monoisotopic (exact) mass is 276 g/mol. The molecule has 0 radical (unpaired) electrons. The summed E-state index contributed by atoms with van der Waals surface area (Å²) in [5.74, 6) is 0.238. The smallest absolute Gasteiger partial charge is 0.127 e. The average Bonchev–Trinajstić information content (AvgIpc) is 2.34. The lowest BCUT2D eigenvalue weighted by Crippen LogP contribution is -2.35. The lowest BCUT2D eigenvalue weighted by atomic mass is 9.79. The Labute approximate surface area is 111 Å². The van der Waals surface area contributed by atoms with Gasteiger partial charge in [-0.1, -0.05) is 17.7 Å². The highest BCUT2D eigenvalue weighted by Crippen LogP contribution is 2.34. The summed E-state index contributed by atoms with van der Waals surface area (Å²) >= 11 is 11.8. The fourth-order valence-electron chi connectivity index (χ4n) is 2.27. The Bertz CT molecular complexity index is 389. The number of hydrogen-bond acceptors (Lipinski definition) is 1. The second-order valence-corrected chi connectivity index (χ2v) is 5.41. The van der Waals surface area contributed by atoms with Crippen LogP contribution in [-0.2, 0) is 11.2 Å². The molecule has 94 valence electrons. The minimum Gasteiger partial charge on any atom is -0.381 e. The molecule has 1 atom stereocenters. The van der Waals surface area contributed by atoms with Gasteiger partial charge in [0.15, 0.2) is 0 Å². The van der Waals surface area contributed by atoms with Gasteiger partial charge in [-0.15, -0.1) is 11.6 Å². The van der Waals surface area contributed by atoms with Gasteiger partial charge in [0, 0.05) is 22.9 Å². The van der Waals surface area contributed by atoms with Crippen molar-refractivity contribution in [1.82, 2.24) is 0 Å². The van der Waals surface area contributed by atoms with Crippen molar-refractivity contribution in [3.05, 3.63) is 34.6 Å². The van der Waals surface area contributed by atoms with E-state index in [9.17, 15) is 4.39 Å². The van der Waals surface area contributed by atoms with Gasteiger partial charge in [0.2, 0.25) is 0 Å². The molecule has 1 heterocycles. The quantitative estimate of drug-likeness (QED) is 0.757. The van der Waals surface area contributed by atoms with Crippen molar-refractivity contribution in [2.45, 2.75) is 19.3 Å². The van der Waals surface area contributed by atoms with Gasteiger partial charge in [-0.3, -0.25) is 0 Å². The molecule has 2 rings (SSSR count). The molecule has 0 saturated carbocycles. The first-order valence-corrected chi connectivity index (χ1v) is 6.64. The molecular weight excluding hydrogens is 262 g/mol. The molecule has 4 heteroatoms. The first kappa shape index (κ1) is 13.1. The summed E-state index contributed by atoms with van der Waals surface area (Å²) in [6.45, 7) is 1.39. The van der Waals surface area contributed by atoms with Gasteiger partial charge in [0.25, 0.3) is 0 Å². The molecule has 0 spiro atoms. The van der Waals surface area contributed by atoms with Crippen LogP contribution in [0.25, 0.3) is 0 Å². The fraction of sp³-hybridized carbons (Fsp3) is 0.538. The summed E-state index contributed by atoms with van der Waals surface area (Å²) in [7, 11) is 0. The first-order chi connectivity index (χ1) is 8.15. The van der Waals surface area contributed by atoms with Crippen molar-refractivity contribution in [2.24, 2.45) is 5.41 Å². The number of benzene rings is 1. The van der Waals surface area contributed by atoms with Crippen LogP contribution in [-0.4, -0.2) is 19.1 Å². The standard InChI is InChI=1S/C13H15Cl2FO/c14-8-13(4-1-5-17-9-13)7-10-2-3-11(15)6-12(10)16/h2-3,6H,1,4-5,7-9H2. The van der Waals surface area contributed by atoms with E-state index in [1.165, 1.54) is 6.07 Å². The fourth-order valence-corrected chi connectivity index (χ4v) is 2.74. The molecule has 1 aromatic rings. The zero-order chi connectivity index (χ0) is 12.3. The molecule has 1 aliphatic rings. The van der Waals surface area contributed by atoms with E-state index >= 15 is 0 Å². The number of rotatable bonds is 3. The normalized spacial score (nSPS) is 24.9. The molecule has 1 saturated heterocycles. The van der Waals surface area contributed by atoms with Crippen LogP contribution in [0.4, 0.5) is 4.39 Å². The van der Waals surface area contributed by atoms with E-state index in [0.29, 0.717) is 29.5 Å². The number of alkyl halides is 1. The van der Waals surface area contributed by atoms with Gasteiger partial charge in [0.05, 0.1) is 6.61 Å². The highest BCUT2D eigenvalue weighted by Gasteiger charge is 2.33. The molecule has 1 unspecified atom stereocenters. The topological polar surface area (TPSA) is 9.23 Å². The SMILES string of the molecule is Fc1cc(Cl)ccc1CC1(CCl)CCCOC1. The van der Waals surface area contributed by atoms with Crippen LogP contribution in [0.2, 0.25) is 5.02 Å². The van der Waals surface area contributed by atoms with Crippen LogP contribution in [0.5, 0.6) is 0 Å². The van der Waals surface area contributed by atoms with Crippen LogP contribution in [0.3, 0.4) is 0 Å². The Kier molecular flexibility index (Phi) is 4.29. The maximum atomic E-state index is 13.7. The minimum absolute atomic E-state index is 0.130. The van der Waals surface area contributed by atoms with Gasteiger partial charge < -0.3 is 4.74 Å². The van der Waals surface area contributed by atoms with Crippen molar-refractivity contribution < 1.29 is 9.13 Å². The van der Waals surface area contributed by atoms with Crippen LogP contribution in [0.1, 0.15) is 18.4 Å². The number of halogens is 3. The van der Waals surface area contributed by atoms with Gasteiger partial charge in [-0.25, -0.2) is 4.39 Å². The number of ether oxygens (including phenoxy) is 1. The van der Waals surface area contributed by atoms with Crippen LogP contribution < -0.4 is 0 Å². The van der Waals surface area contributed by atoms with E-state index < -0.39 is 0 Å². The van der Waals surface area contributed by atoms with E-state index in [1.54, 1.807) is 12.1 Å². The second kappa shape index (κ2) is 5.55. The molecule has 0 N–H and O–H groups in total. The summed E-state index contributed by atoms with van der Waals surface area (Å²) < 4.78 is 19.2. The molecule has 1 nitrogen and oxygen atoms in total. The third kappa shape index (κ3) is 3.12. The summed E-state index contributed by atoms with van der Waals surface area (Å²) in [6, 6.07) is 4.80. The molecule has 0 amide bonds. The zero-order valence-electron chi connectivity index (χ0n) is 9.52. The summed E-state index contributed by atoms with van der Waals surface area (Å²) in [5, 5.41) is 0.422. The van der Waals surface area contributed by atoms with Gasteiger partial charge in [-0.2, -0.15) is 0 Å². The lowest BCUT2D eigenvalue weighted by molar-refractivity contribution is 0.00440. The van der Waals surface area contributed by atoms with Gasteiger partial charge in [-0.05, 0) is 37.0 Å². The van der Waals surface area contributed by atoms with Crippen molar-refractivity contribution in [2.75, 3.05) is 19.1 Å². The largest absolute Gasteiger partial charge is 0.381 e. The maximum absolute atomic E-state index is 13.7. The summed E-state index contributed by atoms with van der Waals surface area (Å²) in [6.07, 6.45) is 2.58. The highest BCUT2D eigenvalue weighted by molar-refractivity contribution is 6.30. The average molecular weight is 277 g/mol. The van der Waals surface area contributed by atoms with E-state index in [2.05, 4.69) is 0 Å². The molecule has 1 aliphatic heterocycles. The van der Waals surface area contributed by atoms with Gasteiger partial charge in [0.1, 0.15) is 5.82 Å².